The minimum atomic E-state index is -3.59. The molecule has 0 aliphatic rings. The van der Waals surface area contributed by atoms with Gasteiger partial charge in [0.15, 0.2) is 0 Å². The summed E-state index contributed by atoms with van der Waals surface area (Å²) in [7, 11) is -3.84. The zero-order chi connectivity index (χ0) is 29.9. The quantitative estimate of drug-likeness (QED) is 0.200. The number of aliphatic hydroxyl groups is 1. The number of ether oxygens (including phenoxy) is 2. The van der Waals surface area contributed by atoms with Crippen molar-refractivity contribution in [2.45, 2.75) is 18.9 Å². The number of aliphatic hydroxyl groups excluding tert-OH is 1. The molecule has 0 aliphatic carbocycles. The molecule has 0 aromatic heterocycles. The Hall–Kier alpha value is -3.40. The summed E-state index contributed by atoms with van der Waals surface area (Å²) in [5.41, 5.74) is 1.71. The molecule has 2 rings (SSSR count). The maximum atomic E-state index is 12.9. The molecule has 4 N–H and O–H groups in total. The summed E-state index contributed by atoms with van der Waals surface area (Å²) < 4.78 is 61.0. The topological polar surface area (TPSA) is 180 Å². The standard InChI is InChI=1S/C25H36N4O9S2/c1-29(12-11-18-5-7-19(8-6-18)27-39(3,33)34)13-14-38-23-10-9-20(28-40(4,35)36)15-22(23)25(32)26-17-21(30)16-24(31)37-2/h5-10,15,21,27-28,30H,11-14,16-17H2,1-4H3,(H,26,32). The van der Waals surface area contributed by atoms with Gasteiger partial charge in [0.1, 0.15) is 12.4 Å². The van der Waals surface area contributed by atoms with Gasteiger partial charge in [-0.2, -0.15) is 0 Å². The average Bonchev–Trinajstić information content (AvgIpc) is 2.85. The molecule has 2 aromatic rings. The number of benzene rings is 2. The molecule has 2 aromatic carbocycles. The van der Waals surface area contributed by atoms with E-state index in [0.29, 0.717) is 25.2 Å². The third-order valence-corrected chi connectivity index (χ3v) is 6.64. The molecule has 0 aliphatic heterocycles. The Labute approximate surface area is 235 Å². The molecule has 0 radical (unpaired) electrons. The van der Waals surface area contributed by atoms with Crippen LogP contribution in [0.5, 0.6) is 5.75 Å². The van der Waals surface area contributed by atoms with Crippen LogP contribution in [0.3, 0.4) is 0 Å². The van der Waals surface area contributed by atoms with E-state index in [-0.39, 0.29) is 36.6 Å². The molecule has 40 heavy (non-hydrogen) atoms. The molecule has 1 atom stereocenters. The van der Waals surface area contributed by atoms with Crippen molar-refractivity contribution < 1.29 is 41.0 Å². The van der Waals surface area contributed by atoms with E-state index in [4.69, 9.17) is 4.74 Å². The Morgan fingerprint density at radius 2 is 1.55 bits per heavy atom. The molecule has 1 amide bonds. The van der Waals surface area contributed by atoms with Gasteiger partial charge in [-0.3, -0.25) is 19.0 Å². The van der Waals surface area contributed by atoms with Crippen molar-refractivity contribution in [1.29, 1.82) is 0 Å². The van der Waals surface area contributed by atoms with Crippen molar-refractivity contribution >= 4 is 43.3 Å². The van der Waals surface area contributed by atoms with Gasteiger partial charge in [-0.1, -0.05) is 12.1 Å². The van der Waals surface area contributed by atoms with Crippen LogP contribution in [0, 0.1) is 0 Å². The van der Waals surface area contributed by atoms with Crippen LogP contribution in [0.4, 0.5) is 11.4 Å². The first-order valence-electron chi connectivity index (χ1n) is 12.2. The average molecular weight is 601 g/mol. The summed E-state index contributed by atoms with van der Waals surface area (Å²) in [6.07, 6.45) is 1.31. The Balaban J connectivity index is 1.97. The minimum Gasteiger partial charge on any atom is -0.491 e. The van der Waals surface area contributed by atoms with Gasteiger partial charge in [0.25, 0.3) is 5.91 Å². The summed E-state index contributed by atoms with van der Waals surface area (Å²) in [6.45, 7) is 1.18. The zero-order valence-corrected chi connectivity index (χ0v) is 24.5. The number of nitrogens with zero attached hydrogens (tertiary/aromatic N) is 1. The fourth-order valence-corrected chi connectivity index (χ4v) is 4.58. The normalized spacial score (nSPS) is 12.4. The van der Waals surface area contributed by atoms with Crippen LogP contribution in [-0.2, 0) is 36.0 Å². The molecule has 0 fully saturated rings. The van der Waals surface area contributed by atoms with Gasteiger partial charge in [-0.25, -0.2) is 16.8 Å². The third kappa shape index (κ3) is 12.6. The molecule has 222 valence electrons. The lowest BCUT2D eigenvalue weighted by Crippen LogP contribution is -2.34. The highest BCUT2D eigenvalue weighted by Crippen LogP contribution is 2.24. The fourth-order valence-electron chi connectivity index (χ4n) is 3.46. The van der Waals surface area contributed by atoms with Crippen molar-refractivity contribution in [2.75, 3.05) is 62.4 Å². The second-order valence-electron chi connectivity index (χ2n) is 9.20. The Morgan fingerprint density at radius 1 is 0.950 bits per heavy atom. The van der Waals surface area contributed by atoms with Crippen molar-refractivity contribution in [1.82, 2.24) is 10.2 Å². The van der Waals surface area contributed by atoms with Crippen molar-refractivity contribution in [3.63, 3.8) is 0 Å². The Morgan fingerprint density at radius 3 is 2.15 bits per heavy atom. The van der Waals surface area contributed by atoms with E-state index in [1.807, 2.05) is 24.1 Å². The largest absolute Gasteiger partial charge is 0.491 e. The summed E-state index contributed by atoms with van der Waals surface area (Å²) in [5, 5.41) is 12.5. The number of sulfonamides is 2. The van der Waals surface area contributed by atoms with E-state index in [2.05, 4.69) is 19.5 Å². The predicted octanol–water partition coefficient (Wildman–Crippen LogP) is 0.637. The van der Waals surface area contributed by atoms with Crippen molar-refractivity contribution in [2.24, 2.45) is 0 Å². The van der Waals surface area contributed by atoms with Gasteiger partial charge in [0.05, 0.1) is 37.7 Å². The molecule has 0 spiro atoms. The maximum absolute atomic E-state index is 12.9. The van der Waals surface area contributed by atoms with E-state index in [1.165, 1.54) is 25.3 Å². The predicted molar refractivity (Wildman–Crippen MR) is 151 cm³/mol. The van der Waals surface area contributed by atoms with Crippen molar-refractivity contribution in [3.05, 3.63) is 53.6 Å². The van der Waals surface area contributed by atoms with Gasteiger partial charge in [-0.05, 0) is 49.4 Å². The third-order valence-electron chi connectivity index (χ3n) is 5.43. The van der Waals surface area contributed by atoms with Crippen LogP contribution in [0.15, 0.2) is 42.5 Å². The number of nitrogens with one attached hydrogen (secondary N) is 3. The van der Waals surface area contributed by atoms with Gasteiger partial charge in [0.2, 0.25) is 20.0 Å². The van der Waals surface area contributed by atoms with Gasteiger partial charge < -0.3 is 24.8 Å². The summed E-state index contributed by atoms with van der Waals surface area (Å²) in [6, 6.07) is 11.3. The monoisotopic (exact) mass is 600 g/mol. The number of amides is 1. The molecule has 1 unspecified atom stereocenters. The molecule has 0 heterocycles. The second kappa shape index (κ2) is 14.8. The first kappa shape index (κ1) is 32.8. The van der Waals surface area contributed by atoms with E-state index in [1.54, 1.807) is 12.1 Å². The van der Waals surface area contributed by atoms with Gasteiger partial charge in [0, 0.05) is 31.0 Å². The van der Waals surface area contributed by atoms with Crippen molar-refractivity contribution in [3.8, 4) is 5.75 Å². The minimum absolute atomic E-state index is 0.0457. The van der Waals surface area contributed by atoms with E-state index < -0.39 is 38.0 Å². The highest BCUT2D eigenvalue weighted by Gasteiger charge is 2.18. The Bertz CT molecular complexity index is 1370. The maximum Gasteiger partial charge on any atom is 0.308 e. The highest BCUT2D eigenvalue weighted by molar-refractivity contribution is 7.92. The lowest BCUT2D eigenvalue weighted by Gasteiger charge is -2.19. The van der Waals surface area contributed by atoms with E-state index in [0.717, 1.165) is 18.1 Å². The summed E-state index contributed by atoms with van der Waals surface area (Å²) in [5.74, 6) is -1.05. The summed E-state index contributed by atoms with van der Waals surface area (Å²) >= 11 is 0. The molecule has 0 bridgehead atoms. The van der Waals surface area contributed by atoms with Crippen LogP contribution in [0.1, 0.15) is 22.3 Å². The highest BCUT2D eigenvalue weighted by atomic mass is 32.2. The lowest BCUT2D eigenvalue weighted by atomic mass is 10.1. The van der Waals surface area contributed by atoms with Gasteiger partial charge >= 0.3 is 5.97 Å². The molecular weight excluding hydrogens is 564 g/mol. The number of rotatable bonds is 16. The SMILES string of the molecule is COC(=O)CC(O)CNC(=O)c1cc(NS(C)(=O)=O)ccc1OCCN(C)CCc1ccc(NS(C)(=O)=O)cc1. The number of esters is 1. The number of carbonyl (C=O) groups excluding carboxylic acids is 2. The molecular formula is C25H36N4O9S2. The summed E-state index contributed by atoms with van der Waals surface area (Å²) in [4.78, 5) is 26.2. The van der Waals surface area contributed by atoms with Gasteiger partial charge in [-0.15, -0.1) is 0 Å². The first-order chi connectivity index (χ1) is 18.6. The van der Waals surface area contributed by atoms with Crippen LogP contribution in [-0.4, -0.2) is 97.7 Å². The van der Waals surface area contributed by atoms with E-state index in [9.17, 15) is 31.5 Å². The molecule has 15 heteroatoms. The number of carbonyl (C=O) groups is 2. The van der Waals surface area contributed by atoms with Crippen LogP contribution >= 0.6 is 0 Å². The van der Waals surface area contributed by atoms with Crippen LogP contribution < -0.4 is 19.5 Å². The first-order valence-corrected chi connectivity index (χ1v) is 16.0. The molecule has 13 nitrogen and oxygen atoms in total. The molecule has 0 saturated carbocycles. The smallest absolute Gasteiger partial charge is 0.308 e. The zero-order valence-electron chi connectivity index (χ0n) is 22.8. The van der Waals surface area contributed by atoms with E-state index >= 15 is 0 Å². The Kier molecular flexibility index (Phi) is 12.2. The number of methoxy groups -OCH3 is 1. The van der Waals surface area contributed by atoms with Crippen LogP contribution in [0.2, 0.25) is 0 Å². The number of hydrogen-bond donors (Lipinski definition) is 4. The number of hydrogen-bond acceptors (Lipinski definition) is 10. The van der Waals surface area contributed by atoms with Crippen LogP contribution in [0.25, 0.3) is 0 Å². The molecule has 0 saturated heterocycles. The fraction of sp³-hybridized carbons (Fsp3) is 0.440. The second-order valence-corrected chi connectivity index (χ2v) is 12.7. The number of likely N-dealkylation sites (N-methyl/N-ethyl adjacent to an activating group) is 1. The number of anilines is 2. The lowest BCUT2D eigenvalue weighted by molar-refractivity contribution is -0.142.